The Hall–Kier alpha value is -1.65. The lowest BCUT2D eigenvalue weighted by Crippen LogP contribution is -2.30. The molecule has 0 aromatic heterocycles. The van der Waals surface area contributed by atoms with Crippen molar-refractivity contribution in [2.24, 2.45) is 17.8 Å². The van der Waals surface area contributed by atoms with Crippen LogP contribution in [0.3, 0.4) is 0 Å². The second kappa shape index (κ2) is 8.61. The summed E-state index contributed by atoms with van der Waals surface area (Å²) in [5.41, 5.74) is 0.243. The second-order valence-electron chi connectivity index (χ2n) is 9.47. The van der Waals surface area contributed by atoms with Gasteiger partial charge in [-0.15, -0.1) is 0 Å². The van der Waals surface area contributed by atoms with Gasteiger partial charge in [0.1, 0.15) is 6.10 Å². The SMILES string of the molecule is CC1CCC(C2CCC(OC(=O)c3cc4c(c(F)c3F)OC(C)CC4)CC2)CC1. The van der Waals surface area contributed by atoms with Crippen LogP contribution in [0.5, 0.6) is 5.75 Å². The van der Waals surface area contributed by atoms with Crippen LogP contribution in [0.25, 0.3) is 0 Å². The number of aryl methyl sites for hydroxylation is 1. The molecule has 0 saturated heterocycles. The zero-order valence-electron chi connectivity index (χ0n) is 17.5. The van der Waals surface area contributed by atoms with Crippen LogP contribution in [0.4, 0.5) is 8.78 Å². The van der Waals surface area contributed by atoms with Crippen LogP contribution in [0.2, 0.25) is 0 Å². The molecule has 3 aliphatic rings. The number of halogens is 2. The molecule has 160 valence electrons. The lowest BCUT2D eigenvalue weighted by Gasteiger charge is -2.37. The molecule has 0 N–H and O–H groups in total. The summed E-state index contributed by atoms with van der Waals surface area (Å²) in [7, 11) is 0. The van der Waals surface area contributed by atoms with Gasteiger partial charge in [-0.25, -0.2) is 9.18 Å². The largest absolute Gasteiger partial charge is 0.487 e. The van der Waals surface area contributed by atoms with Gasteiger partial charge in [-0.05, 0) is 87.7 Å². The molecule has 1 aromatic carbocycles. The maximum atomic E-state index is 14.5. The van der Waals surface area contributed by atoms with Crippen LogP contribution in [0.15, 0.2) is 6.07 Å². The van der Waals surface area contributed by atoms with Gasteiger partial charge >= 0.3 is 5.97 Å². The summed E-state index contributed by atoms with van der Waals surface area (Å²) < 4.78 is 40.0. The molecule has 0 bridgehead atoms. The molecule has 1 aromatic rings. The van der Waals surface area contributed by atoms with Crippen molar-refractivity contribution in [2.75, 3.05) is 0 Å². The number of ether oxygens (including phenoxy) is 2. The molecule has 0 amide bonds. The van der Waals surface area contributed by atoms with Crippen molar-refractivity contribution < 1.29 is 23.0 Å². The average molecular weight is 407 g/mol. The molecule has 0 spiro atoms. The van der Waals surface area contributed by atoms with E-state index in [0.717, 1.165) is 49.9 Å². The fourth-order valence-corrected chi connectivity index (χ4v) is 5.39. The van der Waals surface area contributed by atoms with Gasteiger partial charge in [0.15, 0.2) is 11.6 Å². The first-order chi connectivity index (χ1) is 13.9. The first-order valence-electron chi connectivity index (χ1n) is 11.3. The lowest BCUT2D eigenvalue weighted by atomic mass is 9.71. The number of rotatable bonds is 3. The molecule has 1 unspecified atom stereocenters. The molecule has 5 heteroatoms. The Bertz CT molecular complexity index is 747. The highest BCUT2D eigenvalue weighted by Gasteiger charge is 2.33. The van der Waals surface area contributed by atoms with Crippen LogP contribution in [-0.2, 0) is 11.2 Å². The number of hydrogen-bond donors (Lipinski definition) is 0. The third-order valence-electron chi connectivity index (χ3n) is 7.32. The predicted octanol–water partition coefficient (Wildman–Crippen LogP) is 6.22. The zero-order valence-corrected chi connectivity index (χ0v) is 17.5. The van der Waals surface area contributed by atoms with E-state index in [9.17, 15) is 13.6 Å². The Balaban J connectivity index is 1.36. The average Bonchev–Trinajstić information content (AvgIpc) is 2.72. The van der Waals surface area contributed by atoms with E-state index < -0.39 is 17.6 Å². The van der Waals surface area contributed by atoms with Crippen LogP contribution in [-0.4, -0.2) is 18.2 Å². The highest BCUT2D eigenvalue weighted by atomic mass is 19.2. The van der Waals surface area contributed by atoms with Crippen molar-refractivity contribution in [3.05, 3.63) is 28.8 Å². The zero-order chi connectivity index (χ0) is 20.5. The number of fused-ring (bicyclic) bond motifs is 1. The van der Waals surface area contributed by atoms with E-state index in [2.05, 4.69) is 6.92 Å². The van der Waals surface area contributed by atoms with Crippen molar-refractivity contribution in [3.63, 3.8) is 0 Å². The minimum Gasteiger partial charge on any atom is -0.487 e. The monoisotopic (exact) mass is 406 g/mol. The van der Waals surface area contributed by atoms with E-state index in [1.165, 1.54) is 31.7 Å². The summed E-state index contributed by atoms with van der Waals surface area (Å²) >= 11 is 0. The second-order valence-corrected chi connectivity index (χ2v) is 9.47. The minimum absolute atomic E-state index is 0.0555. The van der Waals surface area contributed by atoms with Gasteiger partial charge in [-0.2, -0.15) is 4.39 Å². The van der Waals surface area contributed by atoms with Crippen molar-refractivity contribution in [3.8, 4) is 5.75 Å². The van der Waals surface area contributed by atoms with E-state index in [1.54, 1.807) is 0 Å². The maximum Gasteiger partial charge on any atom is 0.341 e. The van der Waals surface area contributed by atoms with Crippen LogP contribution in [0.1, 0.15) is 87.6 Å². The van der Waals surface area contributed by atoms with E-state index in [4.69, 9.17) is 9.47 Å². The normalized spacial score (nSPS) is 32.2. The molecule has 1 aliphatic heterocycles. The van der Waals surface area contributed by atoms with Crippen molar-refractivity contribution in [1.29, 1.82) is 0 Å². The quantitative estimate of drug-likeness (QED) is 0.559. The van der Waals surface area contributed by atoms with E-state index in [0.29, 0.717) is 12.0 Å². The molecule has 2 saturated carbocycles. The van der Waals surface area contributed by atoms with Crippen LogP contribution < -0.4 is 4.74 Å². The molecular weight excluding hydrogens is 374 g/mol. The third-order valence-corrected chi connectivity index (χ3v) is 7.32. The molecule has 3 nitrogen and oxygen atoms in total. The molecule has 1 atom stereocenters. The third kappa shape index (κ3) is 4.44. The van der Waals surface area contributed by atoms with Gasteiger partial charge in [0, 0.05) is 0 Å². The predicted molar refractivity (Wildman–Crippen MR) is 107 cm³/mol. The smallest absolute Gasteiger partial charge is 0.341 e. The van der Waals surface area contributed by atoms with Crippen LogP contribution >= 0.6 is 0 Å². The molecule has 2 aliphatic carbocycles. The van der Waals surface area contributed by atoms with Gasteiger partial charge in [-0.3, -0.25) is 0 Å². The Labute approximate surface area is 172 Å². The summed E-state index contributed by atoms with van der Waals surface area (Å²) in [6.07, 6.45) is 9.97. The van der Waals surface area contributed by atoms with Gasteiger partial charge in [0.25, 0.3) is 0 Å². The summed E-state index contributed by atoms with van der Waals surface area (Å²) in [6, 6.07) is 1.41. The molecule has 2 fully saturated rings. The van der Waals surface area contributed by atoms with Crippen molar-refractivity contribution in [2.45, 2.75) is 90.3 Å². The molecular formula is C24H32F2O3. The number of benzene rings is 1. The molecule has 4 rings (SSSR count). The lowest BCUT2D eigenvalue weighted by molar-refractivity contribution is 0.0105. The van der Waals surface area contributed by atoms with Crippen molar-refractivity contribution in [1.82, 2.24) is 0 Å². The fourth-order valence-electron chi connectivity index (χ4n) is 5.39. The minimum atomic E-state index is -1.16. The Morgan fingerprint density at radius 1 is 0.931 bits per heavy atom. The first kappa shape index (κ1) is 20.6. The number of carbonyl (C=O) groups excluding carboxylic acids is 1. The van der Waals surface area contributed by atoms with E-state index >= 15 is 0 Å². The highest BCUT2D eigenvalue weighted by Crippen LogP contribution is 2.41. The summed E-state index contributed by atoms with van der Waals surface area (Å²) in [5.74, 6) is -0.669. The number of esters is 1. The number of carbonyl (C=O) groups is 1. The van der Waals surface area contributed by atoms with Gasteiger partial charge in [0.05, 0.1) is 11.7 Å². The molecule has 1 heterocycles. The van der Waals surface area contributed by atoms with Gasteiger partial charge in [0.2, 0.25) is 5.82 Å². The Morgan fingerprint density at radius 3 is 2.21 bits per heavy atom. The van der Waals surface area contributed by atoms with Crippen molar-refractivity contribution >= 4 is 5.97 Å². The first-order valence-corrected chi connectivity index (χ1v) is 11.3. The Morgan fingerprint density at radius 2 is 1.55 bits per heavy atom. The fraction of sp³-hybridized carbons (Fsp3) is 0.708. The summed E-state index contributed by atoms with van der Waals surface area (Å²) in [6.45, 7) is 4.16. The summed E-state index contributed by atoms with van der Waals surface area (Å²) in [5, 5.41) is 0. The number of hydrogen-bond acceptors (Lipinski definition) is 3. The standard InChI is InChI=1S/C24H32F2O3/c1-14-3-6-16(7-4-14)17-9-11-19(12-10-17)29-24(27)20-13-18-8-5-15(2)28-23(18)22(26)21(20)25/h13-17,19H,3-12H2,1-2H3. The summed E-state index contributed by atoms with van der Waals surface area (Å²) in [4.78, 5) is 12.6. The topological polar surface area (TPSA) is 35.5 Å². The van der Waals surface area contributed by atoms with E-state index in [-0.39, 0.29) is 23.5 Å². The van der Waals surface area contributed by atoms with Crippen LogP contribution in [0, 0.1) is 29.4 Å². The molecule has 29 heavy (non-hydrogen) atoms. The van der Waals surface area contributed by atoms with Gasteiger partial charge < -0.3 is 9.47 Å². The van der Waals surface area contributed by atoms with Gasteiger partial charge in [-0.1, -0.05) is 19.8 Å². The van der Waals surface area contributed by atoms with E-state index in [1.807, 2.05) is 6.92 Å². The molecule has 0 radical (unpaired) electrons. The Kier molecular flexibility index (Phi) is 6.12. The highest BCUT2D eigenvalue weighted by molar-refractivity contribution is 5.90. The maximum absolute atomic E-state index is 14.5.